The van der Waals surface area contributed by atoms with Gasteiger partial charge in [-0.15, -0.1) is 0 Å². The zero-order chi connectivity index (χ0) is 14.8. The van der Waals surface area contributed by atoms with Crippen LogP contribution in [0, 0.1) is 17.3 Å². The van der Waals surface area contributed by atoms with Crippen LogP contribution < -0.4 is 5.32 Å². The van der Waals surface area contributed by atoms with Crippen LogP contribution in [-0.2, 0) is 0 Å². The van der Waals surface area contributed by atoms with Gasteiger partial charge in [-0.1, -0.05) is 41.0 Å². The van der Waals surface area contributed by atoms with Crippen molar-refractivity contribution in [1.82, 2.24) is 10.2 Å². The number of likely N-dealkylation sites (tertiary alicyclic amines) is 1. The van der Waals surface area contributed by atoms with Crippen molar-refractivity contribution in [3.05, 3.63) is 0 Å². The average molecular weight is 280 g/mol. The number of likely N-dealkylation sites (N-methyl/N-ethyl adjacent to an activating group) is 1. The summed E-state index contributed by atoms with van der Waals surface area (Å²) in [6, 6.07) is 1.48. The maximum atomic E-state index is 3.79. The monoisotopic (exact) mass is 280 g/mol. The van der Waals surface area contributed by atoms with Gasteiger partial charge in [0.25, 0.3) is 0 Å². The second-order valence-electron chi connectivity index (χ2n) is 7.91. The van der Waals surface area contributed by atoms with Crippen molar-refractivity contribution in [2.75, 3.05) is 19.6 Å². The van der Waals surface area contributed by atoms with Gasteiger partial charge in [-0.3, -0.25) is 4.90 Å². The van der Waals surface area contributed by atoms with Crippen LogP contribution in [0.2, 0.25) is 0 Å². The first-order chi connectivity index (χ1) is 9.49. The second kappa shape index (κ2) is 6.79. The smallest absolute Gasteiger partial charge is 0.0275 e. The van der Waals surface area contributed by atoms with Crippen LogP contribution in [-0.4, -0.2) is 36.6 Å². The summed E-state index contributed by atoms with van der Waals surface area (Å²) in [6.45, 7) is 15.8. The lowest BCUT2D eigenvalue weighted by molar-refractivity contribution is 0.0154. The number of hydrogen-bond acceptors (Lipinski definition) is 2. The average Bonchev–Trinajstić information content (AvgIpc) is 2.40. The minimum absolute atomic E-state index is 0.607. The quantitative estimate of drug-likeness (QED) is 0.840. The normalized spacial score (nSPS) is 38.9. The maximum Gasteiger partial charge on any atom is 0.0275 e. The van der Waals surface area contributed by atoms with E-state index in [-0.39, 0.29) is 0 Å². The SMILES string of the molecule is CCNC1CC(C)CC(C)C1N1CCC(C)(CC)CC1. The van der Waals surface area contributed by atoms with Crippen molar-refractivity contribution < 1.29 is 0 Å². The van der Waals surface area contributed by atoms with Gasteiger partial charge in [-0.25, -0.2) is 0 Å². The number of rotatable bonds is 4. The molecule has 1 saturated carbocycles. The molecule has 1 aliphatic heterocycles. The highest BCUT2D eigenvalue weighted by molar-refractivity contribution is 4.96. The van der Waals surface area contributed by atoms with Crippen molar-refractivity contribution in [2.24, 2.45) is 17.3 Å². The predicted molar refractivity (Wildman–Crippen MR) is 88.0 cm³/mol. The predicted octanol–water partition coefficient (Wildman–Crippen LogP) is 3.91. The van der Waals surface area contributed by atoms with E-state index >= 15 is 0 Å². The molecule has 2 aliphatic rings. The summed E-state index contributed by atoms with van der Waals surface area (Å²) < 4.78 is 0. The number of hydrogen-bond donors (Lipinski definition) is 1. The van der Waals surface area contributed by atoms with Crippen LogP contribution in [0.3, 0.4) is 0 Å². The molecule has 4 unspecified atom stereocenters. The minimum Gasteiger partial charge on any atom is -0.313 e. The molecule has 0 aromatic heterocycles. The summed E-state index contributed by atoms with van der Waals surface area (Å²) >= 11 is 0. The fourth-order valence-electron chi connectivity index (χ4n) is 4.64. The zero-order valence-corrected chi connectivity index (χ0v) is 14.4. The third-order valence-electron chi connectivity index (χ3n) is 6.17. The summed E-state index contributed by atoms with van der Waals surface area (Å²) in [5.41, 5.74) is 0.607. The van der Waals surface area contributed by atoms with Gasteiger partial charge in [0, 0.05) is 12.1 Å². The van der Waals surface area contributed by atoms with Gasteiger partial charge in [0.2, 0.25) is 0 Å². The molecule has 0 aromatic carbocycles. The Morgan fingerprint density at radius 3 is 2.30 bits per heavy atom. The molecule has 1 aliphatic carbocycles. The van der Waals surface area contributed by atoms with Gasteiger partial charge in [0.1, 0.15) is 0 Å². The van der Waals surface area contributed by atoms with Gasteiger partial charge in [-0.2, -0.15) is 0 Å². The lowest BCUT2D eigenvalue weighted by atomic mass is 9.73. The Labute approximate surface area is 126 Å². The van der Waals surface area contributed by atoms with Crippen LogP contribution in [0.5, 0.6) is 0 Å². The van der Waals surface area contributed by atoms with E-state index in [1.165, 1.54) is 45.2 Å². The van der Waals surface area contributed by atoms with E-state index in [0.29, 0.717) is 11.5 Å². The molecule has 118 valence electrons. The van der Waals surface area contributed by atoms with Gasteiger partial charge < -0.3 is 5.32 Å². The molecular formula is C18H36N2. The van der Waals surface area contributed by atoms with Crippen molar-refractivity contribution in [1.29, 1.82) is 0 Å². The molecule has 0 bridgehead atoms. The Kier molecular flexibility index (Phi) is 5.53. The molecule has 0 amide bonds. The molecule has 1 heterocycles. The largest absolute Gasteiger partial charge is 0.313 e. The van der Waals surface area contributed by atoms with Crippen molar-refractivity contribution in [2.45, 2.75) is 78.8 Å². The number of nitrogens with zero attached hydrogens (tertiary/aromatic N) is 1. The zero-order valence-electron chi connectivity index (χ0n) is 14.4. The highest BCUT2D eigenvalue weighted by Crippen LogP contribution is 2.38. The van der Waals surface area contributed by atoms with Crippen LogP contribution in [0.1, 0.15) is 66.7 Å². The Bertz CT molecular complexity index is 294. The highest BCUT2D eigenvalue weighted by Gasteiger charge is 2.40. The summed E-state index contributed by atoms with van der Waals surface area (Å²) in [6.07, 6.45) is 6.90. The lowest BCUT2D eigenvalue weighted by Gasteiger charge is -2.50. The first kappa shape index (κ1) is 16.3. The van der Waals surface area contributed by atoms with Crippen LogP contribution >= 0.6 is 0 Å². The molecule has 20 heavy (non-hydrogen) atoms. The third kappa shape index (κ3) is 3.57. The second-order valence-corrected chi connectivity index (χ2v) is 7.91. The minimum atomic E-state index is 0.607. The summed E-state index contributed by atoms with van der Waals surface area (Å²) in [5, 5.41) is 3.79. The Balaban J connectivity index is 2.01. The van der Waals surface area contributed by atoms with Gasteiger partial charge in [0.05, 0.1) is 0 Å². The van der Waals surface area contributed by atoms with Gasteiger partial charge in [-0.05, 0) is 62.6 Å². The molecular weight excluding hydrogens is 244 g/mol. The molecule has 0 spiro atoms. The molecule has 2 heteroatoms. The van der Waals surface area contributed by atoms with Crippen molar-refractivity contribution in [3.8, 4) is 0 Å². The van der Waals surface area contributed by atoms with E-state index in [1.54, 1.807) is 0 Å². The maximum absolute atomic E-state index is 3.79. The number of piperidine rings is 1. The molecule has 2 rings (SSSR count). The molecule has 2 nitrogen and oxygen atoms in total. The van der Waals surface area contributed by atoms with E-state index in [4.69, 9.17) is 0 Å². The van der Waals surface area contributed by atoms with Gasteiger partial charge in [0.15, 0.2) is 0 Å². The molecule has 0 aromatic rings. The Morgan fingerprint density at radius 2 is 1.75 bits per heavy atom. The lowest BCUT2D eigenvalue weighted by Crippen LogP contribution is -2.58. The molecule has 1 N–H and O–H groups in total. The molecule has 2 fully saturated rings. The Morgan fingerprint density at radius 1 is 1.10 bits per heavy atom. The van der Waals surface area contributed by atoms with Crippen LogP contribution in [0.4, 0.5) is 0 Å². The van der Waals surface area contributed by atoms with E-state index in [2.05, 4.69) is 44.8 Å². The van der Waals surface area contributed by atoms with Crippen LogP contribution in [0.15, 0.2) is 0 Å². The third-order valence-corrected chi connectivity index (χ3v) is 6.17. The van der Waals surface area contributed by atoms with E-state index in [0.717, 1.165) is 24.4 Å². The number of nitrogens with one attached hydrogen (secondary N) is 1. The molecule has 0 radical (unpaired) electrons. The van der Waals surface area contributed by atoms with E-state index in [1.807, 2.05) is 0 Å². The van der Waals surface area contributed by atoms with Crippen molar-refractivity contribution in [3.63, 3.8) is 0 Å². The fraction of sp³-hybridized carbons (Fsp3) is 1.00. The topological polar surface area (TPSA) is 15.3 Å². The van der Waals surface area contributed by atoms with E-state index in [9.17, 15) is 0 Å². The summed E-state index contributed by atoms with van der Waals surface area (Å²) in [7, 11) is 0. The summed E-state index contributed by atoms with van der Waals surface area (Å²) in [5.74, 6) is 1.73. The highest BCUT2D eigenvalue weighted by atomic mass is 15.2. The van der Waals surface area contributed by atoms with Crippen molar-refractivity contribution >= 4 is 0 Å². The van der Waals surface area contributed by atoms with Crippen LogP contribution in [0.25, 0.3) is 0 Å². The van der Waals surface area contributed by atoms with Gasteiger partial charge >= 0.3 is 0 Å². The first-order valence-electron chi connectivity index (χ1n) is 8.96. The molecule has 1 saturated heterocycles. The first-order valence-corrected chi connectivity index (χ1v) is 8.96. The standard InChI is InChI=1S/C18H36N2/c1-6-18(5)8-10-20(11-9-18)17-15(4)12-14(3)13-16(17)19-7-2/h14-17,19H,6-13H2,1-5H3. The Hall–Kier alpha value is -0.0800. The summed E-state index contributed by atoms with van der Waals surface area (Å²) in [4.78, 5) is 2.82. The molecule has 4 atom stereocenters. The fourth-order valence-corrected chi connectivity index (χ4v) is 4.64. The van der Waals surface area contributed by atoms with E-state index < -0.39 is 0 Å².